The molecule has 82 valence electrons. The van der Waals surface area contributed by atoms with Crippen LogP contribution in [0.1, 0.15) is 0 Å². The molecule has 2 nitrogen and oxygen atoms in total. The number of nitrogen functional groups attached to an aromatic ring is 2. The topological polar surface area (TPSA) is 52.0 Å². The minimum absolute atomic E-state index is 0.599. The third-order valence-corrected chi connectivity index (χ3v) is 2.93. The lowest BCUT2D eigenvalue weighted by Crippen LogP contribution is -1.90. The molecule has 0 spiro atoms. The molecule has 0 aliphatic carbocycles. The van der Waals surface area contributed by atoms with E-state index in [9.17, 15) is 0 Å². The van der Waals surface area contributed by atoms with E-state index >= 15 is 0 Å². The maximum Gasteiger partial charge on any atom is 0.0486 e. The van der Waals surface area contributed by atoms with Crippen LogP contribution < -0.4 is 11.5 Å². The van der Waals surface area contributed by atoms with Crippen LogP contribution in [0.4, 0.5) is 11.4 Å². The molecular formula is C12H10Cl2N2. The van der Waals surface area contributed by atoms with Gasteiger partial charge in [-0.3, -0.25) is 0 Å². The molecule has 0 fully saturated rings. The molecule has 0 bridgehead atoms. The van der Waals surface area contributed by atoms with Gasteiger partial charge in [0.15, 0.2) is 0 Å². The Kier molecular flexibility index (Phi) is 2.95. The highest BCUT2D eigenvalue weighted by Gasteiger charge is 2.08. The van der Waals surface area contributed by atoms with Crippen molar-refractivity contribution in [1.29, 1.82) is 0 Å². The standard InChI is InChI=1S/C12H10Cl2N2/c13-11-3-1-7(15)5-9(11)10-6-8(16)2-4-12(10)14/h1-6H,15-16H2. The Hall–Kier alpha value is -1.38. The number of anilines is 2. The number of halogens is 2. The van der Waals surface area contributed by atoms with E-state index < -0.39 is 0 Å². The van der Waals surface area contributed by atoms with Crippen molar-refractivity contribution < 1.29 is 0 Å². The van der Waals surface area contributed by atoms with Crippen molar-refractivity contribution in [2.45, 2.75) is 0 Å². The van der Waals surface area contributed by atoms with Crippen LogP contribution in [0.25, 0.3) is 11.1 Å². The van der Waals surface area contributed by atoms with Crippen molar-refractivity contribution in [3.63, 3.8) is 0 Å². The second-order valence-electron chi connectivity index (χ2n) is 3.48. The molecule has 0 unspecified atom stereocenters. The summed E-state index contributed by atoms with van der Waals surface area (Å²) < 4.78 is 0. The lowest BCUT2D eigenvalue weighted by atomic mass is 10.0. The molecule has 4 heteroatoms. The highest BCUT2D eigenvalue weighted by atomic mass is 35.5. The summed E-state index contributed by atoms with van der Waals surface area (Å²) in [6, 6.07) is 10.5. The van der Waals surface area contributed by atoms with Crippen molar-refractivity contribution in [2.75, 3.05) is 11.5 Å². The molecule has 16 heavy (non-hydrogen) atoms. The van der Waals surface area contributed by atoms with Crippen LogP contribution in [0.15, 0.2) is 36.4 Å². The summed E-state index contributed by atoms with van der Waals surface area (Å²) in [5, 5.41) is 1.20. The molecule has 2 aromatic rings. The van der Waals surface area contributed by atoms with Gasteiger partial charge >= 0.3 is 0 Å². The molecule has 0 heterocycles. The van der Waals surface area contributed by atoms with Gasteiger partial charge in [0, 0.05) is 32.5 Å². The maximum absolute atomic E-state index is 6.10. The first-order chi connectivity index (χ1) is 7.58. The number of hydrogen-bond acceptors (Lipinski definition) is 2. The second-order valence-corrected chi connectivity index (χ2v) is 4.29. The lowest BCUT2D eigenvalue weighted by Gasteiger charge is -2.08. The molecule has 4 N–H and O–H groups in total. The SMILES string of the molecule is Nc1ccc(Cl)c(-c2cc(N)ccc2Cl)c1. The average Bonchev–Trinajstić information content (AvgIpc) is 2.25. The van der Waals surface area contributed by atoms with Gasteiger partial charge in [0.2, 0.25) is 0 Å². The van der Waals surface area contributed by atoms with Gasteiger partial charge in [0.05, 0.1) is 0 Å². The number of hydrogen-bond donors (Lipinski definition) is 2. The fraction of sp³-hybridized carbons (Fsp3) is 0. The predicted molar refractivity (Wildman–Crippen MR) is 70.7 cm³/mol. The fourth-order valence-corrected chi connectivity index (χ4v) is 1.94. The maximum atomic E-state index is 6.10. The minimum atomic E-state index is 0.599. The van der Waals surface area contributed by atoms with Gasteiger partial charge in [-0.2, -0.15) is 0 Å². The van der Waals surface area contributed by atoms with E-state index in [1.165, 1.54) is 0 Å². The molecule has 2 aromatic carbocycles. The Balaban J connectivity index is 2.66. The molecule has 0 amide bonds. The molecule has 0 saturated carbocycles. The summed E-state index contributed by atoms with van der Waals surface area (Å²) in [6.07, 6.45) is 0. The molecule has 2 rings (SSSR count). The first-order valence-corrected chi connectivity index (χ1v) is 5.44. The fourth-order valence-electron chi connectivity index (χ4n) is 1.50. The molecule has 0 aliphatic rings. The predicted octanol–water partition coefficient (Wildman–Crippen LogP) is 3.82. The van der Waals surface area contributed by atoms with Crippen LogP contribution in [0, 0.1) is 0 Å². The van der Waals surface area contributed by atoms with E-state index in [0.29, 0.717) is 21.4 Å². The first kappa shape index (κ1) is 11.1. The summed E-state index contributed by atoms with van der Waals surface area (Å²) in [5.74, 6) is 0. The third kappa shape index (κ3) is 2.08. The van der Waals surface area contributed by atoms with E-state index in [2.05, 4.69) is 0 Å². The van der Waals surface area contributed by atoms with Gasteiger partial charge < -0.3 is 11.5 Å². The van der Waals surface area contributed by atoms with Crippen LogP contribution in [0.2, 0.25) is 10.0 Å². The lowest BCUT2D eigenvalue weighted by molar-refractivity contribution is 1.60. The zero-order valence-electron chi connectivity index (χ0n) is 8.37. The third-order valence-electron chi connectivity index (χ3n) is 2.27. The van der Waals surface area contributed by atoms with Gasteiger partial charge in [-0.1, -0.05) is 23.2 Å². The number of nitrogens with two attached hydrogens (primary N) is 2. The largest absolute Gasteiger partial charge is 0.399 e. The normalized spacial score (nSPS) is 10.4. The van der Waals surface area contributed by atoms with Crippen molar-refractivity contribution in [3.8, 4) is 11.1 Å². The molecule has 0 radical (unpaired) electrons. The molecule has 0 aliphatic heterocycles. The Morgan fingerprint density at radius 2 is 1.06 bits per heavy atom. The summed E-state index contributed by atoms with van der Waals surface area (Å²) >= 11 is 12.2. The van der Waals surface area contributed by atoms with Gasteiger partial charge in [-0.05, 0) is 36.4 Å². The summed E-state index contributed by atoms with van der Waals surface area (Å²) in [6.45, 7) is 0. The highest BCUT2D eigenvalue weighted by Crippen LogP contribution is 2.35. The van der Waals surface area contributed by atoms with Crippen LogP contribution in [0.3, 0.4) is 0 Å². The Bertz CT molecular complexity index is 489. The van der Waals surface area contributed by atoms with Crippen molar-refractivity contribution in [1.82, 2.24) is 0 Å². The molecule has 0 atom stereocenters. The quantitative estimate of drug-likeness (QED) is 0.759. The van der Waals surface area contributed by atoms with Gasteiger partial charge in [0.1, 0.15) is 0 Å². The average molecular weight is 253 g/mol. The Morgan fingerprint density at radius 1 is 0.688 bits per heavy atom. The minimum Gasteiger partial charge on any atom is -0.399 e. The summed E-state index contributed by atoms with van der Waals surface area (Å²) in [7, 11) is 0. The van der Waals surface area contributed by atoms with Crippen LogP contribution >= 0.6 is 23.2 Å². The zero-order valence-corrected chi connectivity index (χ0v) is 9.89. The highest BCUT2D eigenvalue weighted by molar-refractivity contribution is 6.36. The first-order valence-electron chi connectivity index (χ1n) is 4.68. The number of benzene rings is 2. The van der Waals surface area contributed by atoms with E-state index in [-0.39, 0.29) is 0 Å². The van der Waals surface area contributed by atoms with Gasteiger partial charge in [-0.25, -0.2) is 0 Å². The second kappa shape index (κ2) is 4.24. The monoisotopic (exact) mass is 252 g/mol. The molecule has 0 saturated heterocycles. The molecular weight excluding hydrogens is 243 g/mol. The van der Waals surface area contributed by atoms with E-state index in [1.54, 1.807) is 36.4 Å². The summed E-state index contributed by atoms with van der Waals surface area (Å²) in [4.78, 5) is 0. The van der Waals surface area contributed by atoms with Crippen molar-refractivity contribution in [3.05, 3.63) is 46.4 Å². The van der Waals surface area contributed by atoms with Crippen molar-refractivity contribution >= 4 is 34.6 Å². The van der Waals surface area contributed by atoms with Gasteiger partial charge in [-0.15, -0.1) is 0 Å². The van der Waals surface area contributed by atoms with Crippen LogP contribution in [-0.2, 0) is 0 Å². The van der Waals surface area contributed by atoms with Crippen LogP contribution in [-0.4, -0.2) is 0 Å². The molecule has 0 aromatic heterocycles. The summed E-state index contributed by atoms with van der Waals surface area (Å²) in [5.41, 5.74) is 14.3. The van der Waals surface area contributed by atoms with E-state index in [0.717, 1.165) is 11.1 Å². The van der Waals surface area contributed by atoms with Crippen LogP contribution in [0.5, 0.6) is 0 Å². The smallest absolute Gasteiger partial charge is 0.0486 e. The Labute approximate surface area is 104 Å². The van der Waals surface area contributed by atoms with E-state index in [1.807, 2.05) is 0 Å². The van der Waals surface area contributed by atoms with E-state index in [4.69, 9.17) is 34.7 Å². The van der Waals surface area contributed by atoms with Crippen molar-refractivity contribution in [2.24, 2.45) is 0 Å². The number of rotatable bonds is 1. The van der Waals surface area contributed by atoms with Gasteiger partial charge in [0.25, 0.3) is 0 Å². The Morgan fingerprint density at radius 3 is 1.44 bits per heavy atom. The zero-order chi connectivity index (χ0) is 11.7.